The van der Waals surface area contributed by atoms with Gasteiger partial charge in [0.15, 0.2) is 0 Å². The highest BCUT2D eigenvalue weighted by molar-refractivity contribution is 6.30. The number of para-hydroxylation sites is 1. The molecular formula is C17H18ClN. The van der Waals surface area contributed by atoms with E-state index in [2.05, 4.69) is 55.6 Å². The van der Waals surface area contributed by atoms with E-state index in [4.69, 9.17) is 11.6 Å². The van der Waals surface area contributed by atoms with Crippen molar-refractivity contribution in [1.82, 2.24) is 0 Å². The summed E-state index contributed by atoms with van der Waals surface area (Å²) in [7, 11) is 0. The Kier molecular flexibility index (Phi) is 3.02. The van der Waals surface area contributed by atoms with Gasteiger partial charge in [0.25, 0.3) is 0 Å². The van der Waals surface area contributed by atoms with Crippen molar-refractivity contribution in [3.05, 3.63) is 64.7 Å². The SMILES string of the molecule is CC1(C)c2cc(Cl)ccc2CC1Nc1ccccc1. The first-order valence-electron chi connectivity index (χ1n) is 6.68. The maximum absolute atomic E-state index is 6.14. The molecule has 2 aromatic rings. The first-order chi connectivity index (χ1) is 9.07. The Morgan fingerprint density at radius 2 is 1.84 bits per heavy atom. The molecule has 0 radical (unpaired) electrons. The van der Waals surface area contributed by atoms with E-state index < -0.39 is 0 Å². The zero-order chi connectivity index (χ0) is 13.5. The molecule has 2 aromatic carbocycles. The quantitative estimate of drug-likeness (QED) is 0.838. The minimum absolute atomic E-state index is 0.0933. The predicted octanol–water partition coefficient (Wildman–Crippen LogP) is 4.65. The maximum Gasteiger partial charge on any atom is 0.0409 e. The molecule has 1 nitrogen and oxygen atoms in total. The third-order valence-electron chi connectivity index (χ3n) is 4.18. The Hall–Kier alpha value is -1.47. The molecule has 0 amide bonds. The van der Waals surface area contributed by atoms with Crippen LogP contribution in [0.4, 0.5) is 5.69 Å². The molecule has 0 aromatic heterocycles. The molecule has 1 aliphatic carbocycles. The smallest absolute Gasteiger partial charge is 0.0409 e. The predicted molar refractivity (Wildman–Crippen MR) is 82.0 cm³/mol. The van der Waals surface area contributed by atoms with Crippen LogP contribution in [0.25, 0.3) is 0 Å². The van der Waals surface area contributed by atoms with Gasteiger partial charge in [0.05, 0.1) is 0 Å². The molecule has 1 aliphatic rings. The lowest BCUT2D eigenvalue weighted by Crippen LogP contribution is -2.36. The summed E-state index contributed by atoms with van der Waals surface area (Å²) < 4.78 is 0. The van der Waals surface area contributed by atoms with E-state index in [1.54, 1.807) is 0 Å². The summed E-state index contributed by atoms with van der Waals surface area (Å²) in [5.74, 6) is 0. The van der Waals surface area contributed by atoms with Crippen molar-refractivity contribution >= 4 is 17.3 Å². The third-order valence-corrected chi connectivity index (χ3v) is 4.41. The van der Waals surface area contributed by atoms with Gasteiger partial charge in [-0.2, -0.15) is 0 Å². The molecule has 19 heavy (non-hydrogen) atoms. The summed E-state index contributed by atoms with van der Waals surface area (Å²) in [6, 6.07) is 17.1. The van der Waals surface area contributed by atoms with E-state index in [9.17, 15) is 0 Å². The van der Waals surface area contributed by atoms with Gasteiger partial charge in [-0.3, -0.25) is 0 Å². The van der Waals surface area contributed by atoms with Crippen LogP contribution in [-0.4, -0.2) is 6.04 Å². The molecule has 0 aliphatic heterocycles. The zero-order valence-corrected chi connectivity index (χ0v) is 12.0. The number of fused-ring (bicyclic) bond motifs is 1. The van der Waals surface area contributed by atoms with Crippen molar-refractivity contribution in [1.29, 1.82) is 0 Å². The fraction of sp³-hybridized carbons (Fsp3) is 0.294. The third kappa shape index (κ3) is 2.23. The van der Waals surface area contributed by atoms with Gasteiger partial charge < -0.3 is 5.32 Å². The number of nitrogens with one attached hydrogen (secondary N) is 1. The Bertz CT molecular complexity index is 589. The van der Waals surface area contributed by atoms with Crippen LogP contribution in [0.15, 0.2) is 48.5 Å². The Morgan fingerprint density at radius 1 is 1.11 bits per heavy atom. The molecule has 1 unspecified atom stereocenters. The van der Waals surface area contributed by atoms with Crippen molar-refractivity contribution in [3.8, 4) is 0 Å². The Labute approximate surface area is 119 Å². The van der Waals surface area contributed by atoms with Gasteiger partial charge >= 0.3 is 0 Å². The lowest BCUT2D eigenvalue weighted by atomic mass is 9.83. The lowest BCUT2D eigenvalue weighted by molar-refractivity contribution is 0.470. The van der Waals surface area contributed by atoms with Gasteiger partial charge in [0.2, 0.25) is 0 Å². The molecule has 3 rings (SSSR count). The first kappa shape index (κ1) is 12.6. The van der Waals surface area contributed by atoms with Crippen molar-refractivity contribution in [2.75, 3.05) is 5.32 Å². The highest BCUT2D eigenvalue weighted by Crippen LogP contribution is 2.41. The zero-order valence-electron chi connectivity index (χ0n) is 11.3. The molecule has 0 heterocycles. The van der Waals surface area contributed by atoms with E-state index >= 15 is 0 Å². The van der Waals surface area contributed by atoms with Gasteiger partial charge in [-0.25, -0.2) is 0 Å². The van der Waals surface area contributed by atoms with E-state index in [1.807, 2.05) is 12.1 Å². The van der Waals surface area contributed by atoms with Gasteiger partial charge in [0, 0.05) is 22.2 Å². The fourth-order valence-corrected chi connectivity index (χ4v) is 3.13. The topological polar surface area (TPSA) is 12.0 Å². The average Bonchev–Trinajstić information content (AvgIpc) is 2.63. The van der Waals surface area contributed by atoms with Crippen LogP contribution in [0.1, 0.15) is 25.0 Å². The average molecular weight is 272 g/mol. The van der Waals surface area contributed by atoms with E-state index in [0.717, 1.165) is 11.4 Å². The maximum atomic E-state index is 6.14. The molecule has 98 valence electrons. The van der Waals surface area contributed by atoms with Crippen molar-refractivity contribution in [2.45, 2.75) is 31.7 Å². The van der Waals surface area contributed by atoms with Crippen LogP contribution < -0.4 is 5.32 Å². The van der Waals surface area contributed by atoms with Crippen molar-refractivity contribution in [3.63, 3.8) is 0 Å². The summed E-state index contributed by atoms with van der Waals surface area (Å²) in [5.41, 5.74) is 4.05. The largest absolute Gasteiger partial charge is 0.381 e. The van der Waals surface area contributed by atoms with Gasteiger partial charge in [-0.05, 0) is 41.8 Å². The van der Waals surface area contributed by atoms with Gasteiger partial charge in [-0.15, -0.1) is 0 Å². The number of benzene rings is 2. The van der Waals surface area contributed by atoms with E-state index in [1.165, 1.54) is 16.8 Å². The number of rotatable bonds is 2. The summed E-state index contributed by atoms with van der Waals surface area (Å²) in [4.78, 5) is 0. The van der Waals surface area contributed by atoms with Crippen LogP contribution >= 0.6 is 11.6 Å². The molecule has 0 spiro atoms. The highest BCUT2D eigenvalue weighted by atomic mass is 35.5. The second kappa shape index (κ2) is 4.57. The minimum atomic E-state index is 0.0933. The van der Waals surface area contributed by atoms with Crippen LogP contribution in [0.2, 0.25) is 5.02 Å². The van der Waals surface area contributed by atoms with Crippen LogP contribution in [0.5, 0.6) is 0 Å². The van der Waals surface area contributed by atoms with Crippen molar-refractivity contribution in [2.24, 2.45) is 0 Å². The summed E-state index contributed by atoms with van der Waals surface area (Å²) in [6.07, 6.45) is 1.05. The number of anilines is 1. The highest BCUT2D eigenvalue weighted by Gasteiger charge is 2.39. The summed E-state index contributed by atoms with van der Waals surface area (Å²) in [5, 5.41) is 4.48. The van der Waals surface area contributed by atoms with Crippen molar-refractivity contribution < 1.29 is 0 Å². The fourth-order valence-electron chi connectivity index (χ4n) is 2.96. The Balaban J connectivity index is 1.91. The molecule has 0 bridgehead atoms. The first-order valence-corrected chi connectivity index (χ1v) is 7.05. The number of halogens is 1. The molecule has 0 saturated carbocycles. The summed E-state index contributed by atoms with van der Waals surface area (Å²) in [6.45, 7) is 4.57. The van der Waals surface area contributed by atoms with Gasteiger partial charge in [0.1, 0.15) is 0 Å². The van der Waals surface area contributed by atoms with Crippen LogP contribution in [-0.2, 0) is 11.8 Å². The molecule has 0 fully saturated rings. The molecular weight excluding hydrogens is 254 g/mol. The lowest BCUT2D eigenvalue weighted by Gasteiger charge is -2.30. The second-order valence-corrected chi connectivity index (χ2v) is 6.23. The molecule has 2 heteroatoms. The van der Waals surface area contributed by atoms with Crippen LogP contribution in [0, 0.1) is 0 Å². The normalized spacial score (nSPS) is 20.1. The van der Waals surface area contributed by atoms with E-state index in [-0.39, 0.29) is 5.41 Å². The van der Waals surface area contributed by atoms with E-state index in [0.29, 0.717) is 6.04 Å². The number of hydrogen-bond donors (Lipinski definition) is 1. The molecule has 0 saturated heterocycles. The minimum Gasteiger partial charge on any atom is -0.381 e. The monoisotopic (exact) mass is 271 g/mol. The molecule has 1 atom stereocenters. The number of hydrogen-bond acceptors (Lipinski definition) is 1. The Morgan fingerprint density at radius 3 is 2.58 bits per heavy atom. The van der Waals surface area contributed by atoms with Crippen LogP contribution in [0.3, 0.4) is 0 Å². The molecule has 1 N–H and O–H groups in total. The second-order valence-electron chi connectivity index (χ2n) is 5.79. The summed E-state index contributed by atoms with van der Waals surface area (Å²) >= 11 is 6.14. The standard InChI is InChI=1S/C17H18ClN/c1-17(2)15-11-13(18)9-8-12(15)10-16(17)19-14-6-4-3-5-7-14/h3-9,11,16,19H,10H2,1-2H3. The van der Waals surface area contributed by atoms with Gasteiger partial charge in [-0.1, -0.05) is 49.7 Å².